The molecule has 2 aromatic rings. The number of aromatic nitrogens is 2. The SMILES string of the molecule is CCCCSc1nc(N)c(NC(=O)c2ccc(Br)o2)c(=O)[nH]1. The molecule has 2 aromatic heterocycles. The van der Waals surface area contributed by atoms with Crippen LogP contribution in [-0.2, 0) is 0 Å². The summed E-state index contributed by atoms with van der Waals surface area (Å²) in [7, 11) is 0. The Labute approximate surface area is 139 Å². The van der Waals surface area contributed by atoms with Crippen molar-refractivity contribution in [2.75, 3.05) is 16.8 Å². The molecule has 0 aliphatic heterocycles. The normalized spacial score (nSPS) is 10.6. The van der Waals surface area contributed by atoms with E-state index >= 15 is 0 Å². The predicted octanol–water partition coefficient (Wildman–Crippen LogP) is 2.85. The second kappa shape index (κ2) is 7.50. The van der Waals surface area contributed by atoms with Crippen molar-refractivity contribution in [3.8, 4) is 0 Å². The molecule has 0 aliphatic rings. The second-order valence-electron chi connectivity index (χ2n) is 4.39. The van der Waals surface area contributed by atoms with Crippen LogP contribution in [0.4, 0.5) is 11.5 Å². The Kier molecular flexibility index (Phi) is 5.67. The summed E-state index contributed by atoms with van der Waals surface area (Å²) in [6.45, 7) is 2.08. The monoisotopic (exact) mass is 386 g/mol. The molecule has 0 saturated heterocycles. The number of nitrogens with two attached hydrogens (primary N) is 1. The minimum atomic E-state index is -0.573. The first-order chi connectivity index (χ1) is 10.5. The summed E-state index contributed by atoms with van der Waals surface area (Å²) in [6.07, 6.45) is 2.07. The maximum atomic E-state index is 12.0. The van der Waals surface area contributed by atoms with Crippen LogP contribution in [0.1, 0.15) is 30.3 Å². The highest BCUT2D eigenvalue weighted by Crippen LogP contribution is 2.19. The number of hydrogen-bond acceptors (Lipinski definition) is 6. The van der Waals surface area contributed by atoms with Crippen molar-refractivity contribution >= 4 is 45.1 Å². The number of nitrogens with one attached hydrogen (secondary N) is 2. The molecule has 22 heavy (non-hydrogen) atoms. The highest BCUT2D eigenvalue weighted by molar-refractivity contribution is 9.10. The van der Waals surface area contributed by atoms with Gasteiger partial charge in [-0.2, -0.15) is 0 Å². The van der Waals surface area contributed by atoms with Crippen molar-refractivity contribution in [3.63, 3.8) is 0 Å². The zero-order valence-electron chi connectivity index (χ0n) is 11.8. The van der Waals surface area contributed by atoms with Gasteiger partial charge >= 0.3 is 0 Å². The van der Waals surface area contributed by atoms with E-state index in [0.717, 1.165) is 18.6 Å². The van der Waals surface area contributed by atoms with Gasteiger partial charge in [-0.15, -0.1) is 0 Å². The van der Waals surface area contributed by atoms with E-state index in [1.54, 1.807) is 6.07 Å². The molecule has 0 aromatic carbocycles. The molecule has 2 heterocycles. The first kappa shape index (κ1) is 16.6. The number of carbonyl (C=O) groups excluding carboxylic acids is 1. The summed E-state index contributed by atoms with van der Waals surface area (Å²) < 4.78 is 5.53. The van der Waals surface area contributed by atoms with Crippen LogP contribution in [-0.4, -0.2) is 21.6 Å². The van der Waals surface area contributed by atoms with E-state index in [1.165, 1.54) is 17.8 Å². The summed E-state index contributed by atoms with van der Waals surface area (Å²) in [6, 6.07) is 3.06. The maximum absolute atomic E-state index is 12.0. The molecular formula is C13H15BrN4O3S. The lowest BCUT2D eigenvalue weighted by Crippen LogP contribution is -2.22. The van der Waals surface area contributed by atoms with Crippen LogP contribution in [0.3, 0.4) is 0 Å². The zero-order valence-corrected chi connectivity index (χ0v) is 14.2. The number of nitrogen functional groups attached to an aromatic ring is 1. The quantitative estimate of drug-likeness (QED) is 0.399. The van der Waals surface area contributed by atoms with Crippen molar-refractivity contribution < 1.29 is 9.21 Å². The molecule has 0 atom stereocenters. The number of aromatic amines is 1. The van der Waals surface area contributed by atoms with E-state index in [1.807, 2.05) is 0 Å². The van der Waals surface area contributed by atoms with Crippen molar-refractivity contribution in [3.05, 3.63) is 32.9 Å². The molecule has 4 N–H and O–H groups in total. The number of nitrogens with zero attached hydrogens (tertiary/aromatic N) is 1. The fraction of sp³-hybridized carbons (Fsp3) is 0.308. The summed E-state index contributed by atoms with van der Waals surface area (Å²) >= 11 is 4.52. The number of hydrogen-bond donors (Lipinski definition) is 3. The predicted molar refractivity (Wildman–Crippen MR) is 89.3 cm³/mol. The molecular weight excluding hydrogens is 372 g/mol. The number of halogens is 1. The van der Waals surface area contributed by atoms with E-state index < -0.39 is 11.5 Å². The van der Waals surface area contributed by atoms with Crippen LogP contribution < -0.4 is 16.6 Å². The number of rotatable bonds is 6. The van der Waals surface area contributed by atoms with Gasteiger partial charge in [0.25, 0.3) is 11.5 Å². The van der Waals surface area contributed by atoms with Gasteiger partial charge in [-0.3, -0.25) is 14.6 Å². The molecule has 0 unspecified atom stereocenters. The molecule has 0 saturated carbocycles. The summed E-state index contributed by atoms with van der Waals surface area (Å²) in [5, 5.41) is 2.85. The molecule has 2 rings (SSSR count). The van der Waals surface area contributed by atoms with Gasteiger partial charge in [0.1, 0.15) is 0 Å². The van der Waals surface area contributed by atoms with Gasteiger partial charge in [-0.1, -0.05) is 25.1 Å². The number of amides is 1. The molecule has 9 heteroatoms. The van der Waals surface area contributed by atoms with Gasteiger partial charge in [0.05, 0.1) is 0 Å². The number of thioether (sulfide) groups is 1. The van der Waals surface area contributed by atoms with E-state index in [0.29, 0.717) is 9.83 Å². The van der Waals surface area contributed by atoms with Gasteiger partial charge in [-0.25, -0.2) is 4.98 Å². The first-order valence-electron chi connectivity index (χ1n) is 6.60. The van der Waals surface area contributed by atoms with E-state index in [-0.39, 0.29) is 17.3 Å². The van der Waals surface area contributed by atoms with Gasteiger partial charge in [0, 0.05) is 5.75 Å². The van der Waals surface area contributed by atoms with Gasteiger partial charge < -0.3 is 15.5 Å². The molecule has 0 radical (unpaired) electrons. The lowest BCUT2D eigenvalue weighted by atomic mass is 10.4. The van der Waals surface area contributed by atoms with Gasteiger partial charge in [-0.05, 0) is 34.5 Å². The van der Waals surface area contributed by atoms with Crippen molar-refractivity contribution in [1.29, 1.82) is 0 Å². The van der Waals surface area contributed by atoms with Crippen LogP contribution >= 0.6 is 27.7 Å². The number of carbonyl (C=O) groups is 1. The molecule has 0 bridgehead atoms. The third kappa shape index (κ3) is 4.14. The lowest BCUT2D eigenvalue weighted by Gasteiger charge is -2.07. The number of unbranched alkanes of at least 4 members (excludes halogenated alkanes) is 1. The van der Waals surface area contributed by atoms with Crippen LogP contribution in [0.5, 0.6) is 0 Å². The smallest absolute Gasteiger partial charge is 0.291 e. The number of H-pyrrole nitrogens is 1. The Morgan fingerprint density at radius 3 is 2.91 bits per heavy atom. The summed E-state index contributed by atoms with van der Waals surface area (Å²) in [5.41, 5.74) is 5.18. The Morgan fingerprint density at radius 2 is 2.32 bits per heavy atom. The topological polar surface area (TPSA) is 114 Å². The summed E-state index contributed by atoms with van der Waals surface area (Å²) in [5.74, 6) is 0.301. The molecule has 118 valence electrons. The Bertz CT molecular complexity index is 728. The minimum Gasteiger partial charge on any atom is -0.444 e. The highest BCUT2D eigenvalue weighted by atomic mass is 79.9. The van der Waals surface area contributed by atoms with Crippen LogP contribution in [0.15, 0.2) is 31.2 Å². The minimum absolute atomic E-state index is 0.0262. The molecule has 1 amide bonds. The fourth-order valence-corrected chi connectivity index (χ4v) is 2.84. The largest absolute Gasteiger partial charge is 0.444 e. The highest BCUT2D eigenvalue weighted by Gasteiger charge is 2.16. The fourth-order valence-electron chi connectivity index (χ4n) is 1.58. The number of furan rings is 1. The zero-order chi connectivity index (χ0) is 16.1. The Balaban J connectivity index is 2.14. The second-order valence-corrected chi connectivity index (χ2v) is 6.26. The molecule has 7 nitrogen and oxygen atoms in total. The molecule has 0 fully saturated rings. The Hall–Kier alpha value is -1.74. The van der Waals surface area contributed by atoms with Crippen molar-refractivity contribution in [2.45, 2.75) is 24.9 Å². The Morgan fingerprint density at radius 1 is 1.55 bits per heavy atom. The number of anilines is 2. The van der Waals surface area contributed by atoms with E-state index in [4.69, 9.17) is 10.2 Å². The van der Waals surface area contributed by atoms with Crippen molar-refractivity contribution in [1.82, 2.24) is 9.97 Å². The standard InChI is InChI=1S/C13H15BrN4O3S/c1-2-3-6-22-13-17-10(15)9(12(20)18-13)16-11(19)7-4-5-8(14)21-7/h4-5H,2-3,6H2,1H3,(H,16,19)(H3,15,17,18,20). The maximum Gasteiger partial charge on any atom is 0.291 e. The van der Waals surface area contributed by atoms with Gasteiger partial charge in [0.2, 0.25) is 0 Å². The molecule has 0 spiro atoms. The van der Waals surface area contributed by atoms with Crippen LogP contribution in [0, 0.1) is 0 Å². The van der Waals surface area contributed by atoms with Crippen LogP contribution in [0.25, 0.3) is 0 Å². The van der Waals surface area contributed by atoms with Gasteiger partial charge in [0.15, 0.2) is 27.1 Å². The van der Waals surface area contributed by atoms with E-state index in [2.05, 4.69) is 38.1 Å². The lowest BCUT2D eigenvalue weighted by molar-refractivity contribution is 0.0995. The van der Waals surface area contributed by atoms with E-state index in [9.17, 15) is 9.59 Å². The molecule has 0 aliphatic carbocycles. The van der Waals surface area contributed by atoms with Crippen molar-refractivity contribution in [2.24, 2.45) is 0 Å². The average molecular weight is 387 g/mol. The summed E-state index contributed by atoms with van der Waals surface area (Å²) in [4.78, 5) is 30.7. The first-order valence-corrected chi connectivity index (χ1v) is 8.38. The van der Waals surface area contributed by atoms with Crippen LogP contribution in [0.2, 0.25) is 0 Å². The average Bonchev–Trinajstić information content (AvgIpc) is 2.90. The third-order valence-corrected chi connectivity index (χ3v) is 4.08. The third-order valence-electron chi connectivity index (χ3n) is 2.70.